The number of aryl methyl sites for hydroxylation is 2. The van der Waals surface area contributed by atoms with Gasteiger partial charge >= 0.3 is 0 Å². The SMILES string of the molecule is COc1cccc(CCNC(=O)C2CCc3nc(C)sc3C2)c1. The lowest BCUT2D eigenvalue weighted by Crippen LogP contribution is -2.35. The van der Waals surface area contributed by atoms with Crippen LogP contribution in [0, 0.1) is 12.8 Å². The molecule has 122 valence electrons. The van der Waals surface area contributed by atoms with Gasteiger partial charge < -0.3 is 10.1 Å². The largest absolute Gasteiger partial charge is 0.497 e. The summed E-state index contributed by atoms with van der Waals surface area (Å²) in [5.41, 5.74) is 2.38. The van der Waals surface area contributed by atoms with Crippen molar-refractivity contribution in [2.24, 2.45) is 5.92 Å². The van der Waals surface area contributed by atoms with E-state index in [4.69, 9.17) is 4.74 Å². The van der Waals surface area contributed by atoms with Crippen LogP contribution >= 0.6 is 11.3 Å². The van der Waals surface area contributed by atoms with Gasteiger partial charge in [-0.3, -0.25) is 4.79 Å². The summed E-state index contributed by atoms with van der Waals surface area (Å²) in [6.07, 6.45) is 3.49. The first-order valence-corrected chi connectivity index (χ1v) is 8.83. The molecular formula is C18H22N2O2S. The van der Waals surface area contributed by atoms with Crippen LogP contribution in [-0.2, 0) is 24.1 Å². The third kappa shape index (κ3) is 3.91. The van der Waals surface area contributed by atoms with Crippen molar-refractivity contribution in [1.82, 2.24) is 10.3 Å². The van der Waals surface area contributed by atoms with Crippen molar-refractivity contribution in [2.75, 3.05) is 13.7 Å². The van der Waals surface area contributed by atoms with Crippen LogP contribution < -0.4 is 10.1 Å². The number of hydrogen-bond donors (Lipinski definition) is 1. The summed E-state index contributed by atoms with van der Waals surface area (Å²) in [4.78, 5) is 18.2. The maximum Gasteiger partial charge on any atom is 0.223 e. The molecule has 1 atom stereocenters. The second-order valence-electron chi connectivity index (χ2n) is 5.94. The number of methoxy groups -OCH3 is 1. The normalized spacial score (nSPS) is 16.7. The number of aromatic nitrogens is 1. The number of rotatable bonds is 5. The zero-order chi connectivity index (χ0) is 16.2. The summed E-state index contributed by atoms with van der Waals surface area (Å²) in [6, 6.07) is 7.98. The molecule has 1 aliphatic rings. The van der Waals surface area contributed by atoms with Crippen molar-refractivity contribution in [3.05, 3.63) is 45.4 Å². The van der Waals surface area contributed by atoms with E-state index < -0.39 is 0 Å². The minimum Gasteiger partial charge on any atom is -0.497 e. The van der Waals surface area contributed by atoms with Crippen LogP contribution in [0.15, 0.2) is 24.3 Å². The number of carbonyl (C=O) groups excluding carboxylic acids is 1. The predicted molar refractivity (Wildman–Crippen MR) is 92.1 cm³/mol. The van der Waals surface area contributed by atoms with Gasteiger partial charge in [-0.05, 0) is 50.3 Å². The predicted octanol–water partition coefficient (Wildman–Crippen LogP) is 2.92. The molecule has 1 aliphatic carbocycles. The van der Waals surface area contributed by atoms with Crippen LogP contribution in [0.5, 0.6) is 5.75 Å². The van der Waals surface area contributed by atoms with Crippen molar-refractivity contribution < 1.29 is 9.53 Å². The Kier molecular flexibility index (Phi) is 4.96. The first kappa shape index (κ1) is 16.0. The lowest BCUT2D eigenvalue weighted by molar-refractivity contribution is -0.125. The van der Waals surface area contributed by atoms with E-state index >= 15 is 0 Å². The van der Waals surface area contributed by atoms with E-state index in [0.29, 0.717) is 6.54 Å². The van der Waals surface area contributed by atoms with Crippen LogP contribution in [0.4, 0.5) is 0 Å². The van der Waals surface area contributed by atoms with Gasteiger partial charge in [-0.2, -0.15) is 0 Å². The van der Waals surface area contributed by atoms with E-state index in [1.165, 1.54) is 16.1 Å². The molecule has 0 aliphatic heterocycles. The minimum absolute atomic E-state index is 0.0904. The molecule has 1 aromatic heterocycles. The number of thiazole rings is 1. The maximum atomic E-state index is 12.4. The molecule has 0 bridgehead atoms. The van der Waals surface area contributed by atoms with E-state index in [-0.39, 0.29) is 11.8 Å². The lowest BCUT2D eigenvalue weighted by Gasteiger charge is -2.20. The molecule has 0 spiro atoms. The number of hydrogen-bond acceptors (Lipinski definition) is 4. The van der Waals surface area contributed by atoms with Gasteiger partial charge in [-0.25, -0.2) is 4.98 Å². The second-order valence-corrected chi connectivity index (χ2v) is 7.22. The van der Waals surface area contributed by atoms with Gasteiger partial charge in [-0.15, -0.1) is 11.3 Å². The summed E-state index contributed by atoms with van der Waals surface area (Å²) in [5.74, 6) is 1.12. The van der Waals surface area contributed by atoms with Crippen molar-refractivity contribution in [3.8, 4) is 5.75 Å². The molecule has 1 aromatic carbocycles. The van der Waals surface area contributed by atoms with Crippen molar-refractivity contribution >= 4 is 17.2 Å². The van der Waals surface area contributed by atoms with E-state index in [9.17, 15) is 4.79 Å². The fraction of sp³-hybridized carbons (Fsp3) is 0.444. The smallest absolute Gasteiger partial charge is 0.223 e. The molecule has 2 aromatic rings. The van der Waals surface area contributed by atoms with Gasteiger partial charge in [0.05, 0.1) is 17.8 Å². The van der Waals surface area contributed by atoms with E-state index in [2.05, 4.69) is 16.4 Å². The van der Waals surface area contributed by atoms with Crippen molar-refractivity contribution in [2.45, 2.75) is 32.6 Å². The summed E-state index contributed by atoms with van der Waals surface area (Å²) in [7, 11) is 1.67. The van der Waals surface area contributed by atoms with Gasteiger partial charge in [0.1, 0.15) is 5.75 Å². The summed E-state index contributed by atoms with van der Waals surface area (Å²) in [6.45, 7) is 2.70. The minimum atomic E-state index is 0.0904. The molecule has 1 heterocycles. The number of carbonyl (C=O) groups is 1. The Morgan fingerprint density at radius 3 is 3.17 bits per heavy atom. The van der Waals surface area contributed by atoms with E-state index in [1.54, 1.807) is 18.4 Å². The zero-order valence-electron chi connectivity index (χ0n) is 13.6. The van der Waals surface area contributed by atoms with Crippen LogP contribution in [0.25, 0.3) is 0 Å². The number of nitrogens with one attached hydrogen (secondary N) is 1. The lowest BCUT2D eigenvalue weighted by atomic mass is 9.90. The third-order valence-electron chi connectivity index (χ3n) is 4.26. The fourth-order valence-corrected chi connectivity index (χ4v) is 4.09. The molecule has 1 N–H and O–H groups in total. The van der Waals surface area contributed by atoms with Crippen molar-refractivity contribution in [1.29, 1.82) is 0 Å². The molecule has 3 rings (SSSR count). The van der Waals surface area contributed by atoms with Gasteiger partial charge in [0.15, 0.2) is 0 Å². The summed E-state index contributed by atoms with van der Waals surface area (Å²) < 4.78 is 5.22. The fourth-order valence-electron chi connectivity index (χ4n) is 3.03. The van der Waals surface area contributed by atoms with E-state index in [1.807, 2.05) is 25.1 Å². The molecule has 0 radical (unpaired) electrons. The number of amides is 1. The van der Waals surface area contributed by atoms with Crippen molar-refractivity contribution in [3.63, 3.8) is 0 Å². The average Bonchev–Trinajstić information content (AvgIpc) is 2.94. The number of benzene rings is 1. The highest BCUT2D eigenvalue weighted by Gasteiger charge is 2.26. The highest BCUT2D eigenvalue weighted by atomic mass is 32.1. The van der Waals surface area contributed by atoms with E-state index in [0.717, 1.165) is 36.4 Å². The standard InChI is InChI=1S/C18H22N2O2S/c1-12-20-16-7-6-14(11-17(16)23-12)18(21)19-9-8-13-4-3-5-15(10-13)22-2/h3-5,10,14H,6-9,11H2,1-2H3,(H,19,21). The van der Waals surface area contributed by atoms with Crippen LogP contribution in [-0.4, -0.2) is 24.5 Å². The third-order valence-corrected chi connectivity index (χ3v) is 5.30. The Hall–Kier alpha value is -1.88. The number of fused-ring (bicyclic) bond motifs is 1. The molecular weight excluding hydrogens is 308 g/mol. The Morgan fingerprint density at radius 2 is 2.35 bits per heavy atom. The zero-order valence-corrected chi connectivity index (χ0v) is 14.4. The Labute approximate surface area is 140 Å². The summed E-state index contributed by atoms with van der Waals surface area (Å²) in [5, 5.41) is 4.19. The topological polar surface area (TPSA) is 51.2 Å². The highest BCUT2D eigenvalue weighted by molar-refractivity contribution is 7.11. The van der Waals surface area contributed by atoms with Gasteiger partial charge in [-0.1, -0.05) is 12.1 Å². The first-order chi connectivity index (χ1) is 11.2. The molecule has 1 amide bonds. The Bertz CT molecular complexity index is 696. The second kappa shape index (κ2) is 7.13. The monoisotopic (exact) mass is 330 g/mol. The molecule has 4 nitrogen and oxygen atoms in total. The number of ether oxygens (including phenoxy) is 1. The molecule has 0 fully saturated rings. The molecule has 5 heteroatoms. The first-order valence-electron chi connectivity index (χ1n) is 8.01. The average molecular weight is 330 g/mol. The van der Waals surface area contributed by atoms with Gasteiger partial charge in [0, 0.05) is 17.3 Å². The van der Waals surface area contributed by atoms with Crippen LogP contribution in [0.1, 0.15) is 27.6 Å². The molecule has 0 saturated carbocycles. The van der Waals surface area contributed by atoms with Gasteiger partial charge in [0.25, 0.3) is 0 Å². The van der Waals surface area contributed by atoms with Crippen LogP contribution in [0.3, 0.4) is 0 Å². The molecule has 23 heavy (non-hydrogen) atoms. The molecule has 0 saturated heterocycles. The number of nitrogens with zero attached hydrogens (tertiary/aromatic N) is 1. The highest BCUT2D eigenvalue weighted by Crippen LogP contribution is 2.29. The quantitative estimate of drug-likeness (QED) is 0.917. The summed E-state index contributed by atoms with van der Waals surface area (Å²) >= 11 is 1.73. The molecule has 1 unspecified atom stereocenters. The van der Waals surface area contributed by atoms with Crippen LogP contribution in [0.2, 0.25) is 0 Å². The Morgan fingerprint density at radius 1 is 1.48 bits per heavy atom. The van der Waals surface area contributed by atoms with Gasteiger partial charge in [0.2, 0.25) is 5.91 Å². The maximum absolute atomic E-state index is 12.4. The Balaban J connectivity index is 1.50.